The third kappa shape index (κ3) is 3.62. The molecule has 1 saturated heterocycles. The highest BCUT2D eigenvalue weighted by molar-refractivity contribution is 5.78. The molecule has 1 atom stereocenters. The molecular weight excluding hydrogens is 262 g/mol. The van der Waals surface area contributed by atoms with Crippen LogP contribution < -0.4 is 0 Å². The topological polar surface area (TPSA) is 76.1 Å². The fraction of sp³-hybridized carbons (Fsp3) is 0.857. The molecule has 20 heavy (non-hydrogen) atoms. The van der Waals surface area contributed by atoms with Crippen LogP contribution in [0, 0.1) is 5.41 Å². The number of hydrogen-bond donors (Lipinski definition) is 1. The molecule has 6 heteroatoms. The molecular formula is C14H25NO5. The van der Waals surface area contributed by atoms with E-state index >= 15 is 0 Å². The second kappa shape index (κ2) is 5.99. The van der Waals surface area contributed by atoms with E-state index in [4.69, 9.17) is 9.47 Å². The van der Waals surface area contributed by atoms with Crippen molar-refractivity contribution in [3.63, 3.8) is 0 Å². The highest BCUT2D eigenvalue weighted by Crippen LogP contribution is 2.36. The molecule has 0 radical (unpaired) electrons. The fourth-order valence-electron chi connectivity index (χ4n) is 2.41. The number of nitrogens with zero attached hydrogens (tertiary/aromatic N) is 1. The van der Waals surface area contributed by atoms with Crippen LogP contribution in [0.25, 0.3) is 0 Å². The molecule has 1 unspecified atom stereocenters. The van der Waals surface area contributed by atoms with Gasteiger partial charge in [-0.25, -0.2) is 4.79 Å². The summed E-state index contributed by atoms with van der Waals surface area (Å²) in [5.41, 5.74) is -1.47. The van der Waals surface area contributed by atoms with Crippen molar-refractivity contribution >= 4 is 12.1 Å². The molecule has 1 heterocycles. The van der Waals surface area contributed by atoms with Crippen LogP contribution in [0.5, 0.6) is 0 Å². The normalized spacial score (nSPS) is 20.2. The van der Waals surface area contributed by atoms with Crippen LogP contribution in [0.3, 0.4) is 0 Å². The van der Waals surface area contributed by atoms with E-state index < -0.39 is 23.1 Å². The SMILES string of the molecule is COC(=O)C1(C(C)O)CCN(C(=O)OC(C)(C)C)CC1. The number of piperidine rings is 1. The summed E-state index contributed by atoms with van der Waals surface area (Å²) in [4.78, 5) is 25.4. The Balaban J connectivity index is 2.70. The number of aliphatic hydroxyl groups is 1. The Hall–Kier alpha value is -1.30. The minimum atomic E-state index is -0.923. The highest BCUT2D eigenvalue weighted by Gasteiger charge is 2.47. The summed E-state index contributed by atoms with van der Waals surface area (Å²) < 4.78 is 10.1. The Labute approximate surface area is 120 Å². The molecule has 1 N–H and O–H groups in total. The standard InChI is InChI=1S/C14H25NO5/c1-10(16)14(11(17)19-5)6-8-15(9-7-14)12(18)20-13(2,3)4/h10,16H,6-9H2,1-5H3. The lowest BCUT2D eigenvalue weighted by molar-refractivity contribution is -0.164. The van der Waals surface area contributed by atoms with Crippen LogP contribution in [0.4, 0.5) is 4.79 Å². The van der Waals surface area contributed by atoms with Crippen molar-refractivity contribution in [2.45, 2.75) is 52.2 Å². The lowest BCUT2D eigenvalue weighted by Crippen LogP contribution is -2.52. The van der Waals surface area contributed by atoms with Crippen LogP contribution in [0.1, 0.15) is 40.5 Å². The Morgan fingerprint density at radius 2 is 1.75 bits per heavy atom. The molecule has 0 bridgehead atoms. The van der Waals surface area contributed by atoms with E-state index in [-0.39, 0.29) is 6.09 Å². The van der Waals surface area contributed by atoms with Crippen molar-refractivity contribution in [2.24, 2.45) is 5.41 Å². The van der Waals surface area contributed by atoms with Crippen LogP contribution in [0.2, 0.25) is 0 Å². The predicted octanol–water partition coefficient (Wildman–Crippen LogP) is 1.56. The Kier molecular flexibility index (Phi) is 5.02. The van der Waals surface area contributed by atoms with Crippen molar-refractivity contribution in [3.8, 4) is 0 Å². The lowest BCUT2D eigenvalue weighted by Gasteiger charge is -2.41. The van der Waals surface area contributed by atoms with Gasteiger partial charge in [0.15, 0.2) is 0 Å². The zero-order chi connectivity index (χ0) is 15.6. The molecule has 0 aromatic carbocycles. The van der Waals surface area contributed by atoms with E-state index in [9.17, 15) is 14.7 Å². The third-order valence-electron chi connectivity index (χ3n) is 3.70. The largest absolute Gasteiger partial charge is 0.469 e. The van der Waals surface area contributed by atoms with Crippen molar-refractivity contribution in [3.05, 3.63) is 0 Å². The van der Waals surface area contributed by atoms with Gasteiger partial charge in [-0.15, -0.1) is 0 Å². The fourth-order valence-corrected chi connectivity index (χ4v) is 2.41. The van der Waals surface area contributed by atoms with Crippen LogP contribution >= 0.6 is 0 Å². The molecule has 116 valence electrons. The molecule has 0 aromatic heterocycles. The first-order valence-corrected chi connectivity index (χ1v) is 6.87. The summed E-state index contributed by atoms with van der Waals surface area (Å²) in [6, 6.07) is 0. The summed E-state index contributed by atoms with van der Waals surface area (Å²) in [5, 5.41) is 9.90. The summed E-state index contributed by atoms with van der Waals surface area (Å²) in [7, 11) is 1.31. The van der Waals surface area contributed by atoms with Gasteiger partial charge in [0.25, 0.3) is 0 Å². The van der Waals surface area contributed by atoms with Crippen LogP contribution in [-0.2, 0) is 14.3 Å². The summed E-state index contributed by atoms with van der Waals surface area (Å²) >= 11 is 0. The van der Waals surface area contributed by atoms with Gasteiger partial charge in [-0.1, -0.05) is 0 Å². The maximum Gasteiger partial charge on any atom is 0.410 e. The van der Waals surface area contributed by atoms with E-state index in [1.807, 2.05) is 20.8 Å². The van der Waals surface area contributed by atoms with Crippen LogP contribution in [-0.4, -0.2) is 54.0 Å². The van der Waals surface area contributed by atoms with Crippen molar-refractivity contribution in [1.29, 1.82) is 0 Å². The minimum Gasteiger partial charge on any atom is -0.469 e. The van der Waals surface area contributed by atoms with E-state index in [0.717, 1.165) is 0 Å². The average Bonchev–Trinajstić information content (AvgIpc) is 2.35. The summed E-state index contributed by atoms with van der Waals surface area (Å²) in [6.45, 7) is 7.75. The van der Waals surface area contributed by atoms with Crippen molar-refractivity contribution < 1.29 is 24.2 Å². The summed E-state index contributed by atoms with van der Waals surface area (Å²) in [6.07, 6.45) is -0.454. The third-order valence-corrected chi connectivity index (χ3v) is 3.70. The van der Waals surface area contributed by atoms with E-state index in [1.165, 1.54) is 7.11 Å². The molecule has 6 nitrogen and oxygen atoms in total. The first-order valence-electron chi connectivity index (χ1n) is 6.87. The second-order valence-electron chi connectivity index (χ2n) is 6.29. The number of carbonyl (C=O) groups excluding carboxylic acids is 2. The Bertz CT molecular complexity index is 364. The maximum atomic E-state index is 12.0. The summed E-state index contributed by atoms with van der Waals surface area (Å²) in [5.74, 6) is -0.420. The number of aliphatic hydroxyl groups excluding tert-OH is 1. The number of rotatable bonds is 2. The lowest BCUT2D eigenvalue weighted by atomic mass is 9.74. The van der Waals surface area contributed by atoms with Gasteiger partial charge in [0.2, 0.25) is 0 Å². The van der Waals surface area contributed by atoms with Crippen molar-refractivity contribution in [2.75, 3.05) is 20.2 Å². The van der Waals surface area contributed by atoms with Gasteiger partial charge < -0.3 is 19.5 Å². The van der Waals surface area contributed by atoms with Crippen LogP contribution in [0.15, 0.2) is 0 Å². The zero-order valence-corrected chi connectivity index (χ0v) is 12.9. The Morgan fingerprint density at radius 3 is 2.10 bits per heavy atom. The second-order valence-corrected chi connectivity index (χ2v) is 6.29. The highest BCUT2D eigenvalue weighted by atomic mass is 16.6. The molecule has 1 amide bonds. The van der Waals surface area contributed by atoms with Gasteiger partial charge in [0.1, 0.15) is 5.60 Å². The molecule has 1 aliphatic heterocycles. The van der Waals surface area contributed by atoms with Gasteiger partial charge in [-0.2, -0.15) is 0 Å². The molecule has 0 spiro atoms. The molecule has 0 saturated carbocycles. The molecule has 0 aliphatic carbocycles. The van der Waals surface area contributed by atoms with Gasteiger partial charge in [0, 0.05) is 13.1 Å². The van der Waals surface area contributed by atoms with E-state index in [0.29, 0.717) is 25.9 Å². The van der Waals surface area contributed by atoms with E-state index in [1.54, 1.807) is 11.8 Å². The number of ether oxygens (including phenoxy) is 2. The molecule has 0 aromatic rings. The Morgan fingerprint density at radius 1 is 1.25 bits per heavy atom. The number of carbonyl (C=O) groups is 2. The monoisotopic (exact) mass is 287 g/mol. The zero-order valence-electron chi connectivity index (χ0n) is 12.9. The smallest absolute Gasteiger partial charge is 0.410 e. The number of amides is 1. The quantitative estimate of drug-likeness (QED) is 0.780. The number of hydrogen-bond acceptors (Lipinski definition) is 5. The van der Waals surface area contributed by atoms with Gasteiger partial charge in [-0.05, 0) is 40.5 Å². The molecule has 1 aliphatic rings. The maximum absolute atomic E-state index is 12.0. The first-order chi connectivity index (χ1) is 9.12. The van der Waals surface area contributed by atoms with Crippen molar-refractivity contribution in [1.82, 2.24) is 4.90 Å². The van der Waals surface area contributed by atoms with Gasteiger partial charge in [-0.3, -0.25) is 4.79 Å². The predicted molar refractivity (Wildman–Crippen MR) is 73.2 cm³/mol. The van der Waals surface area contributed by atoms with E-state index in [2.05, 4.69) is 0 Å². The average molecular weight is 287 g/mol. The number of esters is 1. The van der Waals surface area contributed by atoms with Gasteiger partial charge in [0.05, 0.1) is 18.6 Å². The number of likely N-dealkylation sites (tertiary alicyclic amines) is 1. The number of methoxy groups -OCH3 is 1. The molecule has 1 fully saturated rings. The first kappa shape index (κ1) is 16.8. The minimum absolute atomic E-state index is 0.370. The molecule has 1 rings (SSSR count). The van der Waals surface area contributed by atoms with Gasteiger partial charge >= 0.3 is 12.1 Å².